The van der Waals surface area contributed by atoms with E-state index in [-0.39, 0.29) is 88.8 Å². The van der Waals surface area contributed by atoms with Crippen LogP contribution in [-0.4, -0.2) is 47.9 Å². The number of hydrogen-bond acceptors (Lipinski definition) is 8. The Morgan fingerprint density at radius 2 is 0.617 bits per heavy atom. The molecular weight excluding hydrogens is 1460 g/mol. The molecule has 12 nitrogen and oxygen atoms in total. The zero-order valence-corrected chi connectivity index (χ0v) is 48.6. The number of benzene rings is 7. The van der Waals surface area contributed by atoms with Gasteiger partial charge in [0.2, 0.25) is 12.0 Å². The summed E-state index contributed by atoms with van der Waals surface area (Å²) in [5.74, 6) is -4.86. The SMILES string of the molecule is FC(F)(F)c1c[c-]c([N+]2=C=Nc3c(-c4ccccc4)nc(C(F)(F)F)nc32)cc1.FC(F)(F)c1c[c-]c([N+]2=C=Nc3c(-c4ccccc4)nc(C(F)(F)F)nc32)cc1.FC(F)(F)c1c[c-]c([N+]2=C=[N+](c3ccccc3)c3c(-c4ccccc4)nc(C(F)(F)F)nc32)cc1.[Ir+3]. The van der Waals surface area contributed by atoms with E-state index in [9.17, 15) is 79.0 Å². The molecular formula is C63H29F18IrN12+4. The molecule has 3 aliphatic heterocycles. The quantitative estimate of drug-likeness (QED) is 0.0892. The Labute approximate surface area is 529 Å². The number of aliphatic imine (C=N–C) groups is 2. The Kier molecular flexibility index (Phi) is 17.9. The molecule has 0 saturated carbocycles. The molecule has 6 heterocycles. The standard InChI is InChI=1S/C25H13F6N4.2C19H8F6N4.Ir/c26-24(27,28)17-11-13-19(14-12-17)35-15-34(18-9-5-2-6-10-18)21-20(16-7-3-1-4-8-16)32-23(25(29,30)31)33-22(21)35;2*20-18(21,22)12-6-8-13(9-7-12)29-10-26-15-14(11-4-2-1-3-5-11)27-17(19(23,24)25)28-16(15)29;/h1-13H;2*1-8H;/q+1;;;+3. The van der Waals surface area contributed by atoms with Crippen molar-refractivity contribution in [3.05, 3.63) is 228 Å². The van der Waals surface area contributed by atoms with Gasteiger partial charge in [0.25, 0.3) is 11.4 Å². The number of para-hydroxylation sites is 1. The topological polar surface area (TPSA) is 114 Å². The van der Waals surface area contributed by atoms with Crippen molar-refractivity contribution in [1.82, 2.24) is 48.2 Å². The smallest absolute Gasteiger partial charge is 0.205 e. The van der Waals surface area contributed by atoms with Crippen molar-refractivity contribution in [2.45, 2.75) is 37.1 Å². The van der Waals surface area contributed by atoms with Gasteiger partial charge in [0.05, 0.1) is 10.7 Å². The number of hydrogen-bond donors (Lipinski definition) is 0. The van der Waals surface area contributed by atoms with E-state index >= 15 is 0 Å². The van der Waals surface area contributed by atoms with Crippen LogP contribution in [0.4, 0.5) is 136 Å². The molecule has 0 saturated heterocycles. The molecule has 7 aromatic carbocycles. The molecule has 3 aromatic heterocycles. The minimum absolute atomic E-state index is 0. The van der Waals surface area contributed by atoms with Crippen molar-refractivity contribution < 1.29 is 99.1 Å². The maximum Gasteiger partial charge on any atom is 3.00 e. The van der Waals surface area contributed by atoms with Crippen LogP contribution in [-0.2, 0) is 57.2 Å². The fourth-order valence-corrected chi connectivity index (χ4v) is 8.94. The summed E-state index contributed by atoms with van der Waals surface area (Å²) in [4.78, 5) is 29.8. The molecule has 10 aromatic rings. The van der Waals surface area contributed by atoms with Gasteiger partial charge in [0.15, 0.2) is 5.69 Å². The van der Waals surface area contributed by atoms with Gasteiger partial charge in [-0.15, -0.1) is 41.0 Å². The zero-order valence-electron chi connectivity index (χ0n) is 46.2. The third kappa shape index (κ3) is 14.0. The molecule has 472 valence electrons. The molecule has 31 heteroatoms. The van der Waals surface area contributed by atoms with E-state index in [2.05, 4.69) is 76.1 Å². The second-order valence-corrected chi connectivity index (χ2v) is 19.4. The summed E-state index contributed by atoms with van der Waals surface area (Å²) >= 11 is 0. The summed E-state index contributed by atoms with van der Waals surface area (Å²) in [6.07, 6.45) is -28.3. The van der Waals surface area contributed by atoms with Crippen LogP contribution in [0, 0.1) is 18.2 Å². The first kappa shape index (κ1) is 66.2. The Balaban J connectivity index is 0.000000154. The molecule has 0 N–H and O–H groups in total. The fourth-order valence-electron chi connectivity index (χ4n) is 8.94. The van der Waals surface area contributed by atoms with Gasteiger partial charge in [-0.25, -0.2) is 9.97 Å². The largest absolute Gasteiger partial charge is 3.00 e. The zero-order chi connectivity index (χ0) is 66.4. The average molecular weight is 1490 g/mol. The summed E-state index contributed by atoms with van der Waals surface area (Å²) in [5, 5.41) is 0. The maximum absolute atomic E-state index is 13.8. The van der Waals surface area contributed by atoms with Crippen molar-refractivity contribution >= 4 is 75.3 Å². The van der Waals surface area contributed by atoms with Crippen molar-refractivity contribution in [2.75, 3.05) is 0 Å². The first-order valence-electron chi connectivity index (χ1n) is 26.3. The molecule has 13 rings (SSSR count). The minimum atomic E-state index is -4.87. The van der Waals surface area contributed by atoms with Crippen LogP contribution in [0.1, 0.15) is 34.2 Å². The Morgan fingerprint density at radius 1 is 0.309 bits per heavy atom. The van der Waals surface area contributed by atoms with Crippen molar-refractivity contribution in [3.63, 3.8) is 0 Å². The van der Waals surface area contributed by atoms with E-state index in [1.54, 1.807) is 121 Å². The molecule has 0 bridgehead atoms. The summed E-state index contributed by atoms with van der Waals surface area (Å²) in [6, 6.07) is 55.9. The van der Waals surface area contributed by atoms with Crippen LogP contribution in [0.2, 0.25) is 0 Å². The van der Waals surface area contributed by atoms with E-state index in [0.29, 0.717) is 34.5 Å². The van der Waals surface area contributed by atoms with E-state index in [0.717, 1.165) is 56.2 Å². The average Bonchev–Trinajstić information content (AvgIpc) is 1.57. The molecule has 0 spiro atoms. The first-order valence-corrected chi connectivity index (χ1v) is 26.3. The van der Waals surface area contributed by atoms with Crippen LogP contribution in [0.3, 0.4) is 0 Å². The van der Waals surface area contributed by atoms with Crippen LogP contribution in [0.15, 0.2) is 186 Å². The van der Waals surface area contributed by atoms with Crippen LogP contribution >= 0.6 is 0 Å². The molecule has 0 aliphatic carbocycles. The van der Waals surface area contributed by atoms with Gasteiger partial charge in [-0.2, -0.15) is 130 Å². The predicted molar refractivity (Wildman–Crippen MR) is 300 cm³/mol. The van der Waals surface area contributed by atoms with E-state index in [1.807, 2.05) is 0 Å². The van der Waals surface area contributed by atoms with Gasteiger partial charge < -0.3 is 0 Å². The molecule has 0 radical (unpaired) electrons. The second-order valence-electron chi connectivity index (χ2n) is 19.4. The van der Waals surface area contributed by atoms with E-state index < -0.39 is 71.2 Å². The first-order chi connectivity index (χ1) is 43.9. The number of aromatic nitrogens is 6. The van der Waals surface area contributed by atoms with Gasteiger partial charge in [0.1, 0.15) is 17.1 Å². The monoisotopic (exact) mass is 1490 g/mol. The Morgan fingerprint density at radius 3 is 0.936 bits per heavy atom. The van der Waals surface area contributed by atoms with Crippen LogP contribution < -0.4 is 18.3 Å². The van der Waals surface area contributed by atoms with Crippen LogP contribution in [0.5, 0.6) is 0 Å². The number of rotatable bonds is 7. The van der Waals surface area contributed by atoms with Gasteiger partial charge in [0, 0.05) is 28.1 Å². The number of halogens is 18. The van der Waals surface area contributed by atoms with Crippen LogP contribution in [0.25, 0.3) is 33.8 Å². The van der Waals surface area contributed by atoms with Gasteiger partial charge in [-0.05, 0) is 22.1 Å². The summed E-state index contributed by atoms with van der Waals surface area (Å²) in [6.45, 7) is 0. The second kappa shape index (κ2) is 25.4. The van der Waals surface area contributed by atoms with Crippen molar-refractivity contribution in [2.24, 2.45) is 9.98 Å². The van der Waals surface area contributed by atoms with Gasteiger partial charge in [-0.1, -0.05) is 140 Å². The summed E-state index contributed by atoms with van der Waals surface area (Å²) < 4.78 is 242. The van der Waals surface area contributed by atoms with Gasteiger partial charge in [-0.3, -0.25) is 0 Å². The third-order valence-corrected chi connectivity index (χ3v) is 13.2. The van der Waals surface area contributed by atoms with Crippen molar-refractivity contribution in [1.29, 1.82) is 0 Å². The van der Waals surface area contributed by atoms with Gasteiger partial charge >= 0.3 is 104 Å². The Hall–Kier alpha value is -10.7. The van der Waals surface area contributed by atoms with Crippen molar-refractivity contribution in [3.8, 4) is 33.8 Å². The molecule has 94 heavy (non-hydrogen) atoms. The molecule has 0 unspecified atom stereocenters. The Bertz CT molecular complexity index is 4530. The normalized spacial score (nSPS) is 13.2. The minimum Gasteiger partial charge on any atom is -0.205 e. The molecule has 0 amide bonds. The number of fused-ring (bicyclic) bond motifs is 3. The predicted octanol–water partition coefficient (Wildman–Crippen LogP) is 18.1. The van der Waals surface area contributed by atoms with E-state index in [4.69, 9.17) is 0 Å². The summed E-state index contributed by atoms with van der Waals surface area (Å²) in [5.41, 5.74) is -0.975. The molecule has 0 fully saturated rings. The third-order valence-electron chi connectivity index (χ3n) is 13.2. The van der Waals surface area contributed by atoms with E-state index in [1.165, 1.54) is 4.58 Å². The number of nitrogens with zero attached hydrogens (tertiary/aromatic N) is 12. The number of alkyl halides is 18. The molecule has 0 atom stereocenters. The maximum atomic E-state index is 13.8. The molecule has 3 aliphatic rings. The summed E-state index contributed by atoms with van der Waals surface area (Å²) in [7, 11) is 0. The fraction of sp³-hybridized carbons (Fsp3) is 0.0952.